The molecule has 0 unspecified atom stereocenters. The van der Waals surface area contributed by atoms with Crippen LogP contribution in [0.3, 0.4) is 0 Å². The molecule has 3 rings (SSSR count). The second-order valence-corrected chi connectivity index (χ2v) is 6.34. The quantitative estimate of drug-likeness (QED) is 0.843. The van der Waals surface area contributed by atoms with Gasteiger partial charge in [-0.1, -0.05) is 6.07 Å². The molecule has 2 heterocycles. The largest absolute Gasteiger partial charge is 0.390 e. The minimum atomic E-state index is 0.108. The monoisotopic (exact) mass is 263 g/mol. The molecule has 0 saturated heterocycles. The normalized spacial score (nSPS) is 14.6. The van der Waals surface area contributed by atoms with Crippen molar-refractivity contribution in [2.75, 3.05) is 5.73 Å². The van der Waals surface area contributed by atoms with E-state index >= 15 is 0 Å². The van der Waals surface area contributed by atoms with Crippen LogP contribution in [0.1, 0.15) is 38.5 Å². The minimum Gasteiger partial charge on any atom is -0.390 e. The zero-order valence-electron chi connectivity index (χ0n) is 9.36. The highest BCUT2D eigenvalue weighted by Gasteiger charge is 2.25. The number of aryl methyl sites for hydroxylation is 1. The third-order valence-corrected chi connectivity index (χ3v) is 5.16. The number of rotatable bonds is 2. The molecule has 2 nitrogen and oxygen atoms in total. The van der Waals surface area contributed by atoms with Crippen LogP contribution >= 0.6 is 22.7 Å². The first kappa shape index (κ1) is 11.0. The first-order valence-corrected chi connectivity index (χ1v) is 7.45. The Morgan fingerprint density at radius 1 is 1.29 bits per heavy atom. The molecule has 4 heteroatoms. The van der Waals surface area contributed by atoms with Gasteiger partial charge in [-0.05, 0) is 42.7 Å². The van der Waals surface area contributed by atoms with Crippen LogP contribution in [0.4, 0.5) is 5.00 Å². The van der Waals surface area contributed by atoms with Crippen molar-refractivity contribution in [2.24, 2.45) is 0 Å². The van der Waals surface area contributed by atoms with Gasteiger partial charge in [-0.15, -0.1) is 22.7 Å². The third-order valence-electron chi connectivity index (χ3n) is 3.17. The lowest BCUT2D eigenvalue weighted by Gasteiger charge is -2.11. The second-order valence-electron chi connectivity index (χ2n) is 4.26. The average Bonchev–Trinajstić information content (AvgIpc) is 2.94. The van der Waals surface area contributed by atoms with E-state index in [2.05, 4.69) is 0 Å². The van der Waals surface area contributed by atoms with Crippen LogP contribution in [0.5, 0.6) is 0 Å². The van der Waals surface area contributed by atoms with Crippen LogP contribution in [0.15, 0.2) is 17.5 Å². The molecule has 1 aliphatic rings. The van der Waals surface area contributed by atoms with Crippen LogP contribution in [0, 0.1) is 0 Å². The molecule has 0 atom stereocenters. The topological polar surface area (TPSA) is 43.1 Å². The average molecular weight is 263 g/mol. The SMILES string of the molecule is Nc1sc2c(c1C(=O)c1cccs1)CCCC2. The van der Waals surface area contributed by atoms with Gasteiger partial charge in [0, 0.05) is 4.88 Å². The fourth-order valence-corrected chi connectivity index (χ4v) is 4.19. The number of nitrogens with two attached hydrogens (primary N) is 1. The smallest absolute Gasteiger partial charge is 0.206 e. The molecule has 0 fully saturated rings. The predicted molar refractivity (Wildman–Crippen MR) is 73.1 cm³/mol. The summed E-state index contributed by atoms with van der Waals surface area (Å²) in [7, 11) is 0. The number of nitrogen functional groups attached to an aromatic ring is 1. The van der Waals surface area contributed by atoms with Crippen LogP contribution in [0.25, 0.3) is 0 Å². The number of thiophene rings is 2. The van der Waals surface area contributed by atoms with Crippen molar-refractivity contribution in [3.05, 3.63) is 38.4 Å². The molecule has 0 saturated carbocycles. The highest BCUT2D eigenvalue weighted by atomic mass is 32.1. The lowest BCUT2D eigenvalue weighted by molar-refractivity contribution is 0.104. The summed E-state index contributed by atoms with van der Waals surface area (Å²) in [6.45, 7) is 0. The van der Waals surface area contributed by atoms with Gasteiger partial charge in [-0.2, -0.15) is 0 Å². The van der Waals surface area contributed by atoms with Crippen molar-refractivity contribution in [3.8, 4) is 0 Å². The number of carbonyl (C=O) groups excluding carboxylic acids is 1. The number of anilines is 1. The molecular weight excluding hydrogens is 250 g/mol. The highest BCUT2D eigenvalue weighted by Crippen LogP contribution is 2.37. The Kier molecular flexibility index (Phi) is 2.76. The highest BCUT2D eigenvalue weighted by molar-refractivity contribution is 7.17. The van der Waals surface area contributed by atoms with Crippen molar-refractivity contribution in [2.45, 2.75) is 25.7 Å². The van der Waals surface area contributed by atoms with Gasteiger partial charge in [0.05, 0.1) is 15.4 Å². The number of fused-ring (bicyclic) bond motifs is 1. The maximum absolute atomic E-state index is 12.4. The zero-order valence-corrected chi connectivity index (χ0v) is 11.0. The van der Waals surface area contributed by atoms with Crippen molar-refractivity contribution in [1.82, 2.24) is 0 Å². The van der Waals surface area contributed by atoms with Crippen LogP contribution < -0.4 is 5.73 Å². The second kappa shape index (κ2) is 4.27. The summed E-state index contributed by atoms with van der Waals surface area (Å²) in [5.41, 5.74) is 8.03. The van der Waals surface area contributed by atoms with E-state index in [4.69, 9.17) is 5.73 Å². The van der Waals surface area contributed by atoms with E-state index in [1.807, 2.05) is 17.5 Å². The van der Waals surface area contributed by atoms with Gasteiger partial charge < -0.3 is 5.73 Å². The number of ketones is 1. The third kappa shape index (κ3) is 1.81. The van der Waals surface area contributed by atoms with Crippen molar-refractivity contribution in [3.63, 3.8) is 0 Å². The molecule has 1 aliphatic carbocycles. The van der Waals surface area contributed by atoms with Gasteiger partial charge in [0.15, 0.2) is 0 Å². The molecule has 88 valence electrons. The van der Waals surface area contributed by atoms with Gasteiger partial charge in [-0.25, -0.2) is 0 Å². The molecule has 0 aromatic carbocycles. The molecule has 0 spiro atoms. The van der Waals surface area contributed by atoms with E-state index in [1.54, 1.807) is 11.3 Å². The minimum absolute atomic E-state index is 0.108. The maximum atomic E-state index is 12.4. The lowest BCUT2D eigenvalue weighted by Crippen LogP contribution is -2.07. The van der Waals surface area contributed by atoms with E-state index in [0.29, 0.717) is 5.00 Å². The molecular formula is C13H13NOS2. The zero-order chi connectivity index (χ0) is 11.8. The van der Waals surface area contributed by atoms with E-state index < -0.39 is 0 Å². The van der Waals surface area contributed by atoms with E-state index in [0.717, 1.165) is 23.3 Å². The molecule has 2 aromatic heterocycles. The fraction of sp³-hybridized carbons (Fsp3) is 0.308. The molecule has 2 N–H and O–H groups in total. The molecule has 0 amide bonds. The van der Waals surface area contributed by atoms with Crippen LogP contribution in [-0.4, -0.2) is 5.78 Å². The van der Waals surface area contributed by atoms with Crippen LogP contribution in [-0.2, 0) is 12.8 Å². The van der Waals surface area contributed by atoms with E-state index in [1.165, 1.54) is 34.6 Å². The van der Waals surface area contributed by atoms with Crippen molar-refractivity contribution < 1.29 is 4.79 Å². The maximum Gasteiger partial charge on any atom is 0.206 e. The van der Waals surface area contributed by atoms with Crippen LogP contribution in [0.2, 0.25) is 0 Å². The Bertz CT molecular complexity index is 554. The Morgan fingerprint density at radius 3 is 2.88 bits per heavy atom. The van der Waals surface area contributed by atoms with Gasteiger partial charge in [0.25, 0.3) is 0 Å². The summed E-state index contributed by atoms with van der Waals surface area (Å²) in [5.74, 6) is 0.108. The standard InChI is InChI=1S/C13H13NOS2/c14-13-11(12(15)10-6-3-7-16-10)8-4-1-2-5-9(8)17-13/h3,6-7H,1-2,4-5,14H2. The number of hydrogen-bond acceptors (Lipinski definition) is 4. The van der Waals surface area contributed by atoms with Gasteiger partial charge in [0.1, 0.15) is 0 Å². The predicted octanol–water partition coefficient (Wildman–Crippen LogP) is 3.50. The molecule has 0 aliphatic heterocycles. The summed E-state index contributed by atoms with van der Waals surface area (Å²) in [6.07, 6.45) is 4.49. The van der Waals surface area contributed by atoms with Gasteiger partial charge in [0.2, 0.25) is 5.78 Å². The lowest BCUT2D eigenvalue weighted by atomic mass is 9.93. The molecule has 0 bridgehead atoms. The van der Waals surface area contributed by atoms with Gasteiger partial charge >= 0.3 is 0 Å². The summed E-state index contributed by atoms with van der Waals surface area (Å²) in [4.78, 5) is 14.5. The fourth-order valence-electron chi connectivity index (χ4n) is 2.37. The van der Waals surface area contributed by atoms with Crippen molar-refractivity contribution in [1.29, 1.82) is 0 Å². The van der Waals surface area contributed by atoms with E-state index in [-0.39, 0.29) is 5.78 Å². The first-order chi connectivity index (χ1) is 8.27. The first-order valence-electron chi connectivity index (χ1n) is 5.75. The summed E-state index contributed by atoms with van der Waals surface area (Å²) >= 11 is 3.09. The molecule has 0 radical (unpaired) electrons. The van der Waals surface area contributed by atoms with E-state index in [9.17, 15) is 4.79 Å². The Hall–Kier alpha value is -1.13. The molecule has 2 aromatic rings. The summed E-state index contributed by atoms with van der Waals surface area (Å²) in [5, 5.41) is 2.64. The Balaban J connectivity index is 2.08. The van der Waals surface area contributed by atoms with Crippen molar-refractivity contribution >= 4 is 33.5 Å². The Morgan fingerprint density at radius 2 is 2.12 bits per heavy atom. The summed E-state index contributed by atoms with van der Waals surface area (Å²) < 4.78 is 0. The molecule has 17 heavy (non-hydrogen) atoms. The number of carbonyl (C=O) groups is 1. The number of hydrogen-bond donors (Lipinski definition) is 1. The van der Waals surface area contributed by atoms with Gasteiger partial charge in [-0.3, -0.25) is 4.79 Å². The summed E-state index contributed by atoms with van der Waals surface area (Å²) in [6, 6.07) is 3.78. The Labute approximate surface area is 108 Å².